The summed E-state index contributed by atoms with van der Waals surface area (Å²) < 4.78 is 5.21. The minimum atomic E-state index is -0.302. The number of methoxy groups -OCH3 is 1. The lowest BCUT2D eigenvalue weighted by Crippen LogP contribution is -2.27. The van der Waals surface area contributed by atoms with Crippen LogP contribution in [0, 0.1) is 0 Å². The van der Waals surface area contributed by atoms with Crippen molar-refractivity contribution in [1.82, 2.24) is 0 Å². The highest BCUT2D eigenvalue weighted by Gasteiger charge is 2.18. The van der Waals surface area contributed by atoms with E-state index in [0.717, 1.165) is 17.0 Å². The Labute approximate surface area is 77.3 Å². The lowest BCUT2D eigenvalue weighted by Gasteiger charge is -2.23. The molecule has 0 bridgehead atoms. The summed E-state index contributed by atoms with van der Waals surface area (Å²) in [6, 6.07) is 5.87. The highest BCUT2D eigenvalue weighted by atomic mass is 16.5. The molecule has 0 amide bonds. The average molecular weight is 179 g/mol. The van der Waals surface area contributed by atoms with Crippen molar-refractivity contribution in [3.05, 3.63) is 23.8 Å². The van der Waals surface area contributed by atoms with Crippen molar-refractivity contribution in [2.75, 3.05) is 19.0 Å². The normalized spacial score (nSPS) is 20.3. The first kappa shape index (κ1) is 8.38. The molecule has 1 atom stereocenters. The summed E-state index contributed by atoms with van der Waals surface area (Å²) in [6.45, 7) is 0.625. The Kier molecular flexibility index (Phi) is 2.10. The Morgan fingerprint density at radius 3 is 3.15 bits per heavy atom. The van der Waals surface area contributed by atoms with Crippen molar-refractivity contribution in [1.29, 1.82) is 0 Å². The molecule has 0 saturated carbocycles. The van der Waals surface area contributed by atoms with E-state index in [1.807, 2.05) is 18.2 Å². The van der Waals surface area contributed by atoms with Gasteiger partial charge in [0.1, 0.15) is 5.75 Å². The minimum absolute atomic E-state index is 0.302. The molecule has 1 aliphatic rings. The molecule has 1 unspecified atom stereocenters. The van der Waals surface area contributed by atoms with Gasteiger partial charge in [-0.2, -0.15) is 0 Å². The third kappa shape index (κ3) is 1.47. The van der Waals surface area contributed by atoms with Crippen LogP contribution in [0.2, 0.25) is 0 Å². The van der Waals surface area contributed by atoms with Gasteiger partial charge in [-0.15, -0.1) is 0 Å². The van der Waals surface area contributed by atoms with Crippen molar-refractivity contribution in [3.63, 3.8) is 0 Å². The standard InChI is InChI=1S/C10H13NO2/c1-13-10-4-2-3-9-8(10)5-7(12)6-11-9/h2-4,7,11-12H,5-6H2,1H3. The highest BCUT2D eigenvalue weighted by Crippen LogP contribution is 2.30. The number of fused-ring (bicyclic) bond motifs is 1. The molecule has 70 valence electrons. The van der Waals surface area contributed by atoms with Crippen LogP contribution in [0.15, 0.2) is 18.2 Å². The number of benzene rings is 1. The third-order valence-corrected chi connectivity index (χ3v) is 2.32. The van der Waals surface area contributed by atoms with Gasteiger partial charge in [0, 0.05) is 24.2 Å². The molecule has 0 aromatic heterocycles. The first-order valence-electron chi connectivity index (χ1n) is 4.39. The Hall–Kier alpha value is -1.22. The SMILES string of the molecule is COc1cccc2c1CC(O)CN2. The lowest BCUT2D eigenvalue weighted by atomic mass is 10.0. The Morgan fingerprint density at radius 1 is 1.54 bits per heavy atom. The predicted octanol–water partition coefficient (Wildman–Crippen LogP) is 1.02. The molecule has 0 radical (unpaired) electrons. The quantitative estimate of drug-likeness (QED) is 0.676. The van der Waals surface area contributed by atoms with Crippen LogP contribution >= 0.6 is 0 Å². The van der Waals surface area contributed by atoms with E-state index in [2.05, 4.69) is 5.32 Å². The molecule has 1 aromatic rings. The monoisotopic (exact) mass is 179 g/mol. The molecule has 1 aromatic carbocycles. The molecular formula is C10H13NO2. The first-order chi connectivity index (χ1) is 6.31. The molecule has 1 aliphatic heterocycles. The number of aliphatic hydroxyl groups is 1. The molecule has 0 spiro atoms. The maximum atomic E-state index is 9.46. The van der Waals surface area contributed by atoms with Gasteiger partial charge >= 0.3 is 0 Å². The second kappa shape index (κ2) is 3.26. The van der Waals surface area contributed by atoms with E-state index in [0.29, 0.717) is 13.0 Å². The van der Waals surface area contributed by atoms with Gasteiger partial charge in [0.25, 0.3) is 0 Å². The molecule has 3 heteroatoms. The summed E-state index contributed by atoms with van der Waals surface area (Å²) in [5, 5.41) is 12.6. The van der Waals surface area contributed by atoms with E-state index < -0.39 is 0 Å². The summed E-state index contributed by atoms with van der Waals surface area (Å²) in [5.41, 5.74) is 2.15. The molecule has 2 rings (SSSR count). The second-order valence-corrected chi connectivity index (χ2v) is 3.23. The van der Waals surface area contributed by atoms with E-state index in [1.165, 1.54) is 0 Å². The van der Waals surface area contributed by atoms with Gasteiger partial charge in [-0.3, -0.25) is 0 Å². The van der Waals surface area contributed by atoms with Crippen LogP contribution in [-0.2, 0) is 6.42 Å². The van der Waals surface area contributed by atoms with Crippen LogP contribution < -0.4 is 10.1 Å². The average Bonchev–Trinajstić information content (AvgIpc) is 2.17. The van der Waals surface area contributed by atoms with Crippen LogP contribution in [0.3, 0.4) is 0 Å². The maximum Gasteiger partial charge on any atom is 0.124 e. The zero-order valence-corrected chi connectivity index (χ0v) is 7.58. The van der Waals surface area contributed by atoms with Crippen LogP contribution in [0.1, 0.15) is 5.56 Å². The number of anilines is 1. The Morgan fingerprint density at radius 2 is 2.38 bits per heavy atom. The number of hydrogen-bond donors (Lipinski definition) is 2. The van der Waals surface area contributed by atoms with Gasteiger partial charge in [0.2, 0.25) is 0 Å². The molecule has 13 heavy (non-hydrogen) atoms. The number of nitrogens with one attached hydrogen (secondary N) is 1. The van der Waals surface area contributed by atoms with Crippen molar-refractivity contribution < 1.29 is 9.84 Å². The van der Waals surface area contributed by atoms with Crippen LogP contribution in [0.5, 0.6) is 5.75 Å². The summed E-state index contributed by atoms with van der Waals surface area (Å²) in [5.74, 6) is 0.851. The fraction of sp³-hybridized carbons (Fsp3) is 0.400. The van der Waals surface area contributed by atoms with E-state index >= 15 is 0 Å². The Bertz CT molecular complexity index is 298. The minimum Gasteiger partial charge on any atom is -0.496 e. The van der Waals surface area contributed by atoms with E-state index in [4.69, 9.17) is 4.74 Å². The molecule has 0 saturated heterocycles. The lowest BCUT2D eigenvalue weighted by molar-refractivity contribution is 0.183. The smallest absolute Gasteiger partial charge is 0.124 e. The largest absolute Gasteiger partial charge is 0.496 e. The number of hydrogen-bond acceptors (Lipinski definition) is 3. The van der Waals surface area contributed by atoms with E-state index in [9.17, 15) is 5.11 Å². The number of ether oxygens (including phenoxy) is 1. The molecule has 0 fully saturated rings. The molecule has 2 N–H and O–H groups in total. The fourth-order valence-corrected chi connectivity index (χ4v) is 1.67. The third-order valence-electron chi connectivity index (χ3n) is 2.32. The summed E-state index contributed by atoms with van der Waals surface area (Å²) in [7, 11) is 1.65. The van der Waals surface area contributed by atoms with Crippen LogP contribution in [0.25, 0.3) is 0 Å². The first-order valence-corrected chi connectivity index (χ1v) is 4.39. The van der Waals surface area contributed by atoms with Gasteiger partial charge in [0.05, 0.1) is 13.2 Å². The summed E-state index contributed by atoms with van der Waals surface area (Å²) >= 11 is 0. The van der Waals surface area contributed by atoms with E-state index in [-0.39, 0.29) is 6.10 Å². The number of β-amino-alcohol motifs (C(OH)–C–C–N with tert-alkyl or cyclic N) is 1. The van der Waals surface area contributed by atoms with Gasteiger partial charge in [-0.05, 0) is 12.1 Å². The van der Waals surface area contributed by atoms with E-state index in [1.54, 1.807) is 7.11 Å². The van der Waals surface area contributed by atoms with Gasteiger partial charge < -0.3 is 15.2 Å². The van der Waals surface area contributed by atoms with Gasteiger partial charge in [-0.1, -0.05) is 6.07 Å². The van der Waals surface area contributed by atoms with Crippen molar-refractivity contribution >= 4 is 5.69 Å². The van der Waals surface area contributed by atoms with Crippen LogP contribution in [0.4, 0.5) is 5.69 Å². The number of rotatable bonds is 1. The number of aliphatic hydroxyl groups excluding tert-OH is 1. The van der Waals surface area contributed by atoms with Crippen molar-refractivity contribution in [3.8, 4) is 5.75 Å². The molecule has 3 nitrogen and oxygen atoms in total. The molecular weight excluding hydrogens is 166 g/mol. The van der Waals surface area contributed by atoms with Crippen molar-refractivity contribution in [2.45, 2.75) is 12.5 Å². The van der Waals surface area contributed by atoms with Gasteiger partial charge in [0.15, 0.2) is 0 Å². The highest BCUT2D eigenvalue weighted by molar-refractivity contribution is 5.59. The molecule has 0 aliphatic carbocycles. The zero-order valence-electron chi connectivity index (χ0n) is 7.58. The van der Waals surface area contributed by atoms with Crippen molar-refractivity contribution in [2.24, 2.45) is 0 Å². The zero-order chi connectivity index (χ0) is 9.26. The molecule has 1 heterocycles. The summed E-state index contributed by atoms with van der Waals surface area (Å²) in [4.78, 5) is 0. The van der Waals surface area contributed by atoms with Gasteiger partial charge in [-0.25, -0.2) is 0 Å². The maximum absolute atomic E-state index is 9.46. The predicted molar refractivity (Wildman–Crippen MR) is 51.2 cm³/mol. The Balaban J connectivity index is 2.41. The topological polar surface area (TPSA) is 41.5 Å². The van der Waals surface area contributed by atoms with Crippen LogP contribution in [-0.4, -0.2) is 24.9 Å². The fourth-order valence-electron chi connectivity index (χ4n) is 1.67. The second-order valence-electron chi connectivity index (χ2n) is 3.23. The summed E-state index contributed by atoms with van der Waals surface area (Å²) in [6.07, 6.45) is 0.371.